The molecule has 0 spiro atoms. The Labute approximate surface area is 130 Å². The van der Waals surface area contributed by atoms with Crippen molar-refractivity contribution < 1.29 is 19.1 Å². The van der Waals surface area contributed by atoms with Crippen LogP contribution in [0.3, 0.4) is 0 Å². The lowest BCUT2D eigenvalue weighted by molar-refractivity contribution is -0.148. The van der Waals surface area contributed by atoms with Gasteiger partial charge in [0, 0.05) is 19.3 Å². The zero-order chi connectivity index (χ0) is 15.9. The van der Waals surface area contributed by atoms with E-state index in [1.165, 1.54) is 6.20 Å². The van der Waals surface area contributed by atoms with Crippen LogP contribution in [0.15, 0.2) is 18.5 Å². The molecular weight excluding hydrogens is 284 g/mol. The first-order chi connectivity index (χ1) is 10.7. The first kappa shape index (κ1) is 16.3. The van der Waals surface area contributed by atoms with Crippen LogP contribution in [-0.2, 0) is 14.3 Å². The van der Waals surface area contributed by atoms with Crippen molar-refractivity contribution in [3.05, 3.63) is 24.0 Å². The molecule has 1 atom stereocenters. The van der Waals surface area contributed by atoms with Crippen LogP contribution in [0, 0.1) is 5.92 Å². The molecule has 0 amide bonds. The summed E-state index contributed by atoms with van der Waals surface area (Å²) in [5.41, 5.74) is 1.26. The van der Waals surface area contributed by atoms with E-state index in [4.69, 9.17) is 9.47 Å². The summed E-state index contributed by atoms with van der Waals surface area (Å²) in [5.74, 6) is -0.655. The van der Waals surface area contributed by atoms with E-state index in [9.17, 15) is 9.59 Å². The molecule has 0 aliphatic carbocycles. The van der Waals surface area contributed by atoms with Gasteiger partial charge in [0.2, 0.25) is 0 Å². The van der Waals surface area contributed by atoms with Crippen molar-refractivity contribution in [2.45, 2.75) is 26.7 Å². The lowest BCUT2D eigenvalue weighted by Crippen LogP contribution is -2.39. The van der Waals surface area contributed by atoms with Gasteiger partial charge in [-0.05, 0) is 32.8 Å². The van der Waals surface area contributed by atoms with E-state index in [0.717, 1.165) is 25.1 Å². The molecule has 0 bridgehead atoms. The van der Waals surface area contributed by atoms with Crippen LogP contribution in [0.25, 0.3) is 0 Å². The number of esters is 2. The van der Waals surface area contributed by atoms with Gasteiger partial charge in [0.1, 0.15) is 0 Å². The summed E-state index contributed by atoms with van der Waals surface area (Å²) >= 11 is 0. The smallest absolute Gasteiger partial charge is 0.339 e. The Morgan fingerprint density at radius 2 is 2.05 bits per heavy atom. The molecule has 0 radical (unpaired) electrons. The average Bonchev–Trinajstić information content (AvgIpc) is 2.55. The van der Waals surface area contributed by atoms with Gasteiger partial charge in [-0.3, -0.25) is 9.78 Å². The predicted octanol–water partition coefficient (Wildman–Crippen LogP) is 2.04. The van der Waals surface area contributed by atoms with Gasteiger partial charge in [0.05, 0.1) is 36.6 Å². The number of piperidine rings is 1. The second-order valence-electron chi connectivity index (χ2n) is 5.19. The number of ether oxygens (including phenoxy) is 2. The maximum Gasteiger partial charge on any atom is 0.339 e. The highest BCUT2D eigenvalue weighted by atomic mass is 16.5. The molecular formula is C16H22N2O4. The largest absolute Gasteiger partial charge is 0.466 e. The Kier molecular flexibility index (Phi) is 5.75. The highest BCUT2D eigenvalue weighted by Gasteiger charge is 2.27. The highest BCUT2D eigenvalue weighted by molar-refractivity contribution is 5.90. The molecule has 0 aromatic carbocycles. The normalized spacial score (nSPS) is 17.9. The van der Waals surface area contributed by atoms with Crippen molar-refractivity contribution in [3.63, 3.8) is 0 Å². The molecule has 1 aliphatic rings. The minimum Gasteiger partial charge on any atom is -0.466 e. The van der Waals surface area contributed by atoms with E-state index < -0.39 is 0 Å². The summed E-state index contributed by atoms with van der Waals surface area (Å²) in [5, 5.41) is 0. The first-order valence-electron chi connectivity index (χ1n) is 7.69. The summed E-state index contributed by atoms with van der Waals surface area (Å²) in [4.78, 5) is 29.9. The molecule has 1 saturated heterocycles. The molecule has 0 saturated carbocycles. The zero-order valence-electron chi connectivity index (χ0n) is 13.1. The number of carbonyl (C=O) groups is 2. The van der Waals surface area contributed by atoms with Gasteiger partial charge in [-0.1, -0.05) is 0 Å². The summed E-state index contributed by atoms with van der Waals surface area (Å²) in [7, 11) is 0. The Hall–Kier alpha value is -2.11. The van der Waals surface area contributed by atoms with E-state index >= 15 is 0 Å². The van der Waals surface area contributed by atoms with Crippen LogP contribution in [-0.4, -0.2) is 43.2 Å². The first-order valence-corrected chi connectivity index (χ1v) is 7.69. The number of rotatable bonds is 5. The predicted molar refractivity (Wildman–Crippen MR) is 81.8 cm³/mol. The fourth-order valence-electron chi connectivity index (χ4n) is 2.59. The minimum atomic E-state index is -0.379. The number of carbonyl (C=O) groups excluding carboxylic acids is 2. The van der Waals surface area contributed by atoms with E-state index in [2.05, 4.69) is 9.88 Å². The molecule has 6 heteroatoms. The van der Waals surface area contributed by atoms with Crippen molar-refractivity contribution in [1.82, 2.24) is 4.98 Å². The summed E-state index contributed by atoms with van der Waals surface area (Å²) in [6.45, 7) is 5.73. The molecule has 6 nitrogen and oxygen atoms in total. The molecule has 0 N–H and O–H groups in total. The second-order valence-corrected chi connectivity index (χ2v) is 5.19. The van der Waals surface area contributed by atoms with Crippen molar-refractivity contribution in [1.29, 1.82) is 0 Å². The monoisotopic (exact) mass is 306 g/mol. The van der Waals surface area contributed by atoms with Crippen molar-refractivity contribution in [2.75, 3.05) is 31.2 Å². The van der Waals surface area contributed by atoms with Gasteiger partial charge in [-0.25, -0.2) is 4.79 Å². The van der Waals surface area contributed by atoms with Crippen LogP contribution < -0.4 is 4.90 Å². The van der Waals surface area contributed by atoms with Crippen LogP contribution in [0.5, 0.6) is 0 Å². The van der Waals surface area contributed by atoms with Crippen LogP contribution >= 0.6 is 0 Å². The van der Waals surface area contributed by atoms with E-state index in [0.29, 0.717) is 25.3 Å². The van der Waals surface area contributed by atoms with Crippen LogP contribution in [0.2, 0.25) is 0 Å². The third-order valence-electron chi connectivity index (χ3n) is 3.64. The molecule has 120 valence electrons. The molecule has 1 aromatic heterocycles. The van der Waals surface area contributed by atoms with Gasteiger partial charge in [0.15, 0.2) is 0 Å². The van der Waals surface area contributed by atoms with Gasteiger partial charge in [-0.2, -0.15) is 0 Å². The summed E-state index contributed by atoms with van der Waals surface area (Å²) < 4.78 is 10.1. The maximum atomic E-state index is 11.9. The van der Waals surface area contributed by atoms with Crippen LogP contribution in [0.4, 0.5) is 5.69 Å². The number of hydrogen-bond donors (Lipinski definition) is 0. The fourth-order valence-corrected chi connectivity index (χ4v) is 2.59. The standard InChI is InChI=1S/C16H22N2O4/c1-3-21-15(19)12-6-5-7-18(11-12)14-8-13(9-17-10-14)16(20)22-4-2/h8-10,12H,3-7,11H2,1-2H3. The molecule has 1 unspecified atom stereocenters. The van der Waals surface area contributed by atoms with Crippen molar-refractivity contribution in [2.24, 2.45) is 5.92 Å². The van der Waals surface area contributed by atoms with Crippen LogP contribution in [0.1, 0.15) is 37.0 Å². The average molecular weight is 306 g/mol. The minimum absolute atomic E-state index is 0.125. The fraction of sp³-hybridized carbons (Fsp3) is 0.562. The van der Waals surface area contributed by atoms with E-state index in [1.54, 1.807) is 19.2 Å². The third kappa shape index (κ3) is 3.96. The van der Waals surface area contributed by atoms with Gasteiger partial charge < -0.3 is 14.4 Å². The number of aromatic nitrogens is 1. The molecule has 1 aromatic rings. The third-order valence-corrected chi connectivity index (χ3v) is 3.64. The Morgan fingerprint density at radius 3 is 2.77 bits per heavy atom. The SMILES string of the molecule is CCOC(=O)c1cncc(N2CCCC(C(=O)OCC)C2)c1. The molecule has 2 heterocycles. The van der Waals surface area contributed by atoms with Gasteiger partial charge in [0.25, 0.3) is 0 Å². The highest BCUT2D eigenvalue weighted by Crippen LogP contribution is 2.24. The Morgan fingerprint density at radius 1 is 1.27 bits per heavy atom. The Balaban J connectivity index is 2.09. The van der Waals surface area contributed by atoms with E-state index in [1.807, 2.05) is 6.92 Å². The summed E-state index contributed by atoms with van der Waals surface area (Å²) in [6, 6.07) is 1.76. The topological polar surface area (TPSA) is 68.7 Å². The quantitative estimate of drug-likeness (QED) is 0.775. The lowest BCUT2D eigenvalue weighted by Gasteiger charge is -2.33. The number of pyridine rings is 1. The summed E-state index contributed by atoms with van der Waals surface area (Å²) in [6.07, 6.45) is 4.94. The van der Waals surface area contributed by atoms with Crippen molar-refractivity contribution in [3.8, 4) is 0 Å². The van der Waals surface area contributed by atoms with E-state index in [-0.39, 0.29) is 17.9 Å². The van der Waals surface area contributed by atoms with Crippen molar-refractivity contribution >= 4 is 17.6 Å². The molecule has 1 fully saturated rings. The van der Waals surface area contributed by atoms with Gasteiger partial charge in [-0.15, -0.1) is 0 Å². The molecule has 22 heavy (non-hydrogen) atoms. The second kappa shape index (κ2) is 7.77. The zero-order valence-corrected chi connectivity index (χ0v) is 13.1. The number of anilines is 1. The lowest BCUT2D eigenvalue weighted by atomic mass is 9.98. The molecule has 2 rings (SSSR count). The number of hydrogen-bond acceptors (Lipinski definition) is 6. The molecule has 1 aliphatic heterocycles. The maximum absolute atomic E-state index is 11.9. The number of nitrogens with zero attached hydrogens (tertiary/aromatic N) is 2. The van der Waals surface area contributed by atoms with Gasteiger partial charge >= 0.3 is 11.9 Å². The Bertz CT molecular complexity index is 533.